The molecule has 6 nitrogen and oxygen atoms in total. The largest absolute Gasteiger partial charge is 0.495 e. The van der Waals surface area contributed by atoms with Crippen molar-refractivity contribution in [2.24, 2.45) is 0 Å². The van der Waals surface area contributed by atoms with Crippen molar-refractivity contribution in [2.75, 3.05) is 17.7 Å². The van der Waals surface area contributed by atoms with Crippen LogP contribution in [0, 0.1) is 6.92 Å². The van der Waals surface area contributed by atoms with E-state index in [0.717, 1.165) is 6.42 Å². The number of nitrogens with one attached hydrogen (secondary N) is 2. The SMILES string of the molecule is CCC(C)Nc1nc(C)cc(C(=O)Nc2cc(Cl)ccc2OC)n1. The number of rotatable bonds is 6. The summed E-state index contributed by atoms with van der Waals surface area (Å²) in [6.07, 6.45) is 0.929. The minimum atomic E-state index is -0.353. The van der Waals surface area contributed by atoms with Gasteiger partial charge in [0.05, 0.1) is 12.8 Å². The van der Waals surface area contributed by atoms with E-state index in [0.29, 0.717) is 28.1 Å². The first-order chi connectivity index (χ1) is 11.4. The quantitative estimate of drug-likeness (QED) is 0.827. The molecule has 1 amide bonds. The Morgan fingerprint density at radius 2 is 2.08 bits per heavy atom. The van der Waals surface area contributed by atoms with Crippen molar-refractivity contribution in [2.45, 2.75) is 33.2 Å². The van der Waals surface area contributed by atoms with Gasteiger partial charge < -0.3 is 15.4 Å². The van der Waals surface area contributed by atoms with Crippen molar-refractivity contribution in [1.29, 1.82) is 0 Å². The second-order valence-electron chi connectivity index (χ2n) is 5.47. The molecule has 0 aliphatic rings. The summed E-state index contributed by atoms with van der Waals surface area (Å²) in [6, 6.07) is 6.87. The smallest absolute Gasteiger partial charge is 0.274 e. The number of carbonyl (C=O) groups excluding carboxylic acids is 1. The van der Waals surface area contributed by atoms with E-state index in [9.17, 15) is 4.79 Å². The summed E-state index contributed by atoms with van der Waals surface area (Å²) >= 11 is 5.98. The first-order valence-corrected chi connectivity index (χ1v) is 8.07. The van der Waals surface area contributed by atoms with Crippen LogP contribution in [0.3, 0.4) is 0 Å². The van der Waals surface area contributed by atoms with Gasteiger partial charge in [-0.3, -0.25) is 4.79 Å². The average molecular weight is 349 g/mol. The van der Waals surface area contributed by atoms with E-state index >= 15 is 0 Å². The van der Waals surface area contributed by atoms with Crippen molar-refractivity contribution in [1.82, 2.24) is 9.97 Å². The van der Waals surface area contributed by atoms with Crippen LogP contribution in [0.4, 0.5) is 11.6 Å². The molecule has 0 saturated carbocycles. The molecule has 0 aliphatic heterocycles. The zero-order chi connectivity index (χ0) is 17.7. The fourth-order valence-corrected chi connectivity index (χ4v) is 2.21. The van der Waals surface area contributed by atoms with Gasteiger partial charge in [-0.15, -0.1) is 0 Å². The Hall–Kier alpha value is -2.34. The first kappa shape index (κ1) is 18.0. The molecule has 0 spiro atoms. The molecule has 2 rings (SSSR count). The molecule has 0 bridgehead atoms. The van der Waals surface area contributed by atoms with Crippen LogP contribution in [-0.4, -0.2) is 29.0 Å². The number of anilines is 2. The maximum absolute atomic E-state index is 12.5. The van der Waals surface area contributed by atoms with Gasteiger partial charge in [-0.05, 0) is 44.5 Å². The first-order valence-electron chi connectivity index (χ1n) is 7.70. The van der Waals surface area contributed by atoms with Crippen molar-refractivity contribution < 1.29 is 9.53 Å². The highest BCUT2D eigenvalue weighted by atomic mass is 35.5. The maximum Gasteiger partial charge on any atom is 0.274 e. The van der Waals surface area contributed by atoms with Crippen LogP contribution in [0.15, 0.2) is 24.3 Å². The lowest BCUT2D eigenvalue weighted by atomic mass is 10.2. The molecule has 128 valence electrons. The van der Waals surface area contributed by atoms with Gasteiger partial charge >= 0.3 is 0 Å². The van der Waals surface area contributed by atoms with Gasteiger partial charge in [0.15, 0.2) is 0 Å². The highest BCUT2D eigenvalue weighted by Crippen LogP contribution is 2.28. The predicted octanol–water partition coefficient (Wildman–Crippen LogP) is 3.91. The summed E-state index contributed by atoms with van der Waals surface area (Å²) in [5.74, 6) is 0.609. The molecule has 1 unspecified atom stereocenters. The number of ether oxygens (including phenoxy) is 1. The fraction of sp³-hybridized carbons (Fsp3) is 0.353. The number of aryl methyl sites for hydroxylation is 1. The normalized spacial score (nSPS) is 11.7. The highest BCUT2D eigenvalue weighted by Gasteiger charge is 2.14. The molecule has 1 heterocycles. The Kier molecular flexibility index (Phi) is 5.98. The molecule has 0 fully saturated rings. The van der Waals surface area contributed by atoms with E-state index in [1.807, 2.05) is 13.8 Å². The summed E-state index contributed by atoms with van der Waals surface area (Å²) in [5.41, 5.74) is 1.47. The van der Waals surface area contributed by atoms with Crippen LogP contribution < -0.4 is 15.4 Å². The van der Waals surface area contributed by atoms with Gasteiger partial charge in [0.25, 0.3) is 5.91 Å². The number of amides is 1. The summed E-state index contributed by atoms with van der Waals surface area (Å²) < 4.78 is 5.23. The van der Waals surface area contributed by atoms with Gasteiger partial charge in [0.2, 0.25) is 5.95 Å². The van der Waals surface area contributed by atoms with Gasteiger partial charge in [0.1, 0.15) is 11.4 Å². The number of benzene rings is 1. The van der Waals surface area contributed by atoms with Crippen molar-refractivity contribution in [3.8, 4) is 5.75 Å². The lowest BCUT2D eigenvalue weighted by Gasteiger charge is -2.13. The lowest BCUT2D eigenvalue weighted by Crippen LogP contribution is -2.19. The predicted molar refractivity (Wildman–Crippen MR) is 96.1 cm³/mol. The molecule has 0 aliphatic carbocycles. The highest BCUT2D eigenvalue weighted by molar-refractivity contribution is 6.31. The molecule has 1 aromatic carbocycles. The summed E-state index contributed by atoms with van der Waals surface area (Å²) in [5, 5.41) is 6.45. The Morgan fingerprint density at radius 3 is 2.75 bits per heavy atom. The van der Waals surface area contributed by atoms with Crippen LogP contribution in [-0.2, 0) is 0 Å². The Morgan fingerprint density at radius 1 is 1.33 bits per heavy atom. The van der Waals surface area contributed by atoms with Crippen LogP contribution in [0.1, 0.15) is 36.5 Å². The Bertz CT molecular complexity index is 737. The topological polar surface area (TPSA) is 76.1 Å². The molecule has 0 radical (unpaired) electrons. The minimum Gasteiger partial charge on any atom is -0.495 e. The summed E-state index contributed by atoms with van der Waals surface area (Å²) in [6.45, 7) is 5.91. The minimum absolute atomic E-state index is 0.218. The third-order valence-electron chi connectivity index (χ3n) is 3.48. The average Bonchev–Trinajstić information content (AvgIpc) is 2.54. The molecule has 7 heteroatoms. The monoisotopic (exact) mass is 348 g/mol. The molecular weight excluding hydrogens is 328 g/mol. The number of hydrogen-bond acceptors (Lipinski definition) is 5. The third-order valence-corrected chi connectivity index (χ3v) is 3.72. The summed E-state index contributed by atoms with van der Waals surface area (Å²) in [7, 11) is 1.53. The van der Waals surface area contributed by atoms with E-state index in [-0.39, 0.29) is 17.6 Å². The van der Waals surface area contributed by atoms with Crippen LogP contribution in [0.25, 0.3) is 0 Å². The maximum atomic E-state index is 12.5. The second kappa shape index (κ2) is 7.97. The van der Waals surface area contributed by atoms with Crippen molar-refractivity contribution >= 4 is 29.1 Å². The molecule has 1 atom stereocenters. The van der Waals surface area contributed by atoms with Crippen molar-refractivity contribution in [3.63, 3.8) is 0 Å². The molecular formula is C17H21ClN4O2. The lowest BCUT2D eigenvalue weighted by molar-refractivity contribution is 0.102. The summed E-state index contributed by atoms with van der Waals surface area (Å²) in [4.78, 5) is 21.1. The Labute approximate surface area is 146 Å². The third kappa shape index (κ3) is 4.58. The van der Waals surface area contributed by atoms with E-state index in [4.69, 9.17) is 16.3 Å². The van der Waals surface area contributed by atoms with Gasteiger partial charge in [-0.2, -0.15) is 0 Å². The number of aromatic nitrogens is 2. The van der Waals surface area contributed by atoms with Crippen LogP contribution in [0.2, 0.25) is 5.02 Å². The Balaban J connectivity index is 2.25. The molecule has 24 heavy (non-hydrogen) atoms. The van der Waals surface area contributed by atoms with E-state index in [1.165, 1.54) is 7.11 Å². The molecule has 2 N–H and O–H groups in total. The van der Waals surface area contributed by atoms with E-state index in [2.05, 4.69) is 27.5 Å². The molecule has 1 aromatic heterocycles. The number of nitrogens with zero attached hydrogens (tertiary/aromatic N) is 2. The number of halogens is 1. The van der Waals surface area contributed by atoms with Gasteiger partial charge in [-0.25, -0.2) is 9.97 Å². The van der Waals surface area contributed by atoms with Gasteiger partial charge in [0, 0.05) is 16.8 Å². The number of methoxy groups -OCH3 is 1. The van der Waals surface area contributed by atoms with Crippen LogP contribution in [0.5, 0.6) is 5.75 Å². The second-order valence-corrected chi connectivity index (χ2v) is 5.91. The molecule has 0 saturated heterocycles. The van der Waals surface area contributed by atoms with Crippen LogP contribution >= 0.6 is 11.6 Å². The molecule has 2 aromatic rings. The standard InChI is InChI=1S/C17H21ClN4O2/c1-5-10(2)19-17-20-11(3)8-14(22-17)16(23)21-13-9-12(18)6-7-15(13)24-4/h6-10H,5H2,1-4H3,(H,21,23)(H,19,20,22). The zero-order valence-corrected chi connectivity index (χ0v) is 14.9. The number of hydrogen-bond donors (Lipinski definition) is 2. The van der Waals surface area contributed by atoms with E-state index < -0.39 is 0 Å². The number of carbonyl (C=O) groups is 1. The van der Waals surface area contributed by atoms with Gasteiger partial charge in [-0.1, -0.05) is 18.5 Å². The van der Waals surface area contributed by atoms with E-state index in [1.54, 1.807) is 24.3 Å². The van der Waals surface area contributed by atoms with Crippen molar-refractivity contribution in [3.05, 3.63) is 40.7 Å². The zero-order valence-electron chi connectivity index (χ0n) is 14.2. The fourth-order valence-electron chi connectivity index (χ4n) is 2.04.